The molecule has 0 unspecified atom stereocenters. The molecule has 2 aromatic rings. The third-order valence-electron chi connectivity index (χ3n) is 3.37. The Labute approximate surface area is 138 Å². The van der Waals surface area contributed by atoms with Gasteiger partial charge in [0.05, 0.1) is 0 Å². The Morgan fingerprint density at radius 3 is 1.55 bits per heavy atom. The summed E-state index contributed by atoms with van der Waals surface area (Å²) in [7, 11) is -3.01. The first-order valence-electron chi connectivity index (χ1n) is 7.40. The van der Waals surface area contributed by atoms with Crippen molar-refractivity contribution >= 4 is 18.3 Å². The minimum atomic E-state index is -3.01. The molecule has 0 bridgehead atoms. The number of rotatable bonds is 4. The maximum atomic E-state index is 6.88. The molecule has 0 fully saturated rings. The molecule has 4 heteroatoms. The van der Waals surface area contributed by atoms with E-state index in [1.165, 1.54) is 0 Å². The van der Waals surface area contributed by atoms with Crippen LogP contribution in [0.25, 0.3) is 0 Å². The average molecular weight is 339 g/mol. The van der Waals surface area contributed by atoms with Gasteiger partial charge in [0, 0.05) is 0 Å². The normalized spacial score (nSPS) is 12.8. The topological polar surface area (TPSA) is 18.5 Å². The van der Waals surface area contributed by atoms with Crippen LogP contribution in [0.5, 0.6) is 11.5 Å². The summed E-state index contributed by atoms with van der Waals surface area (Å²) in [6.45, 7) is 10.2. The van der Waals surface area contributed by atoms with Crippen LogP contribution in [0, 0.1) is 13.8 Å². The van der Waals surface area contributed by atoms with Crippen molar-refractivity contribution in [3.63, 3.8) is 0 Å². The Morgan fingerprint density at radius 1 is 0.818 bits per heavy atom. The zero-order valence-corrected chi connectivity index (χ0v) is 15.6. The number of halogens is 1. The van der Waals surface area contributed by atoms with Crippen molar-refractivity contribution in [1.82, 2.24) is 0 Å². The monoisotopic (exact) mass is 338 g/mol. The van der Waals surface area contributed by atoms with Crippen molar-refractivity contribution in [2.75, 3.05) is 0 Å². The van der Waals surface area contributed by atoms with Crippen LogP contribution in [-0.4, -0.2) is 5.16 Å². The molecule has 120 valence electrons. The first-order chi connectivity index (χ1) is 10.2. The molecule has 0 aromatic heterocycles. The molecule has 0 saturated carbocycles. The van der Waals surface area contributed by atoms with Crippen LogP contribution in [0.3, 0.4) is 0 Å². The second-order valence-corrected chi connectivity index (χ2v) is 11.1. The van der Waals surface area contributed by atoms with E-state index in [0.717, 1.165) is 22.6 Å². The molecule has 0 amide bonds. The van der Waals surface area contributed by atoms with E-state index in [1.54, 1.807) is 0 Å². The summed E-state index contributed by atoms with van der Waals surface area (Å²) < 4.78 is 12.3. The predicted octanol–water partition coefficient (Wildman–Crippen LogP) is 6.29. The fourth-order valence-corrected chi connectivity index (χ4v) is 4.04. The molecule has 0 aliphatic heterocycles. The van der Waals surface area contributed by atoms with Gasteiger partial charge in [-0.1, -0.05) is 0 Å². The van der Waals surface area contributed by atoms with Crippen LogP contribution < -0.4 is 9.05 Å². The van der Waals surface area contributed by atoms with Crippen molar-refractivity contribution in [2.24, 2.45) is 0 Å². The van der Waals surface area contributed by atoms with Crippen LogP contribution in [0.2, 0.25) is 0 Å². The Kier molecular flexibility index (Phi) is 5.04. The van der Waals surface area contributed by atoms with Gasteiger partial charge in [-0.15, -0.1) is 0 Å². The molecule has 2 aromatic carbocycles. The quantitative estimate of drug-likeness (QED) is 0.609. The molecule has 22 heavy (non-hydrogen) atoms. The summed E-state index contributed by atoms with van der Waals surface area (Å²) in [6, 6.07) is 15.8. The summed E-state index contributed by atoms with van der Waals surface area (Å²) in [5, 5.41) is -0.290. The van der Waals surface area contributed by atoms with E-state index in [0.29, 0.717) is 0 Å². The SMILES string of the molecule is Cc1cccc(O[PH](Cl)(Oc2cccc(C)c2)C(C)(C)C)c1. The first-order valence-corrected chi connectivity index (χ1v) is 10.2. The maximum absolute atomic E-state index is 6.88. The van der Waals surface area contributed by atoms with E-state index in [-0.39, 0.29) is 5.16 Å². The van der Waals surface area contributed by atoms with Crippen LogP contribution in [0.1, 0.15) is 31.9 Å². The minimum absolute atomic E-state index is 0.290. The summed E-state index contributed by atoms with van der Waals surface area (Å²) in [5.41, 5.74) is 2.27. The van der Waals surface area contributed by atoms with E-state index in [9.17, 15) is 0 Å². The molecular formula is C18H24ClO2P. The van der Waals surface area contributed by atoms with Gasteiger partial charge in [0.1, 0.15) is 0 Å². The van der Waals surface area contributed by atoms with E-state index < -0.39 is 7.07 Å². The average Bonchev–Trinajstić information content (AvgIpc) is 2.37. The second kappa shape index (κ2) is 6.48. The summed E-state index contributed by atoms with van der Waals surface area (Å²) in [6.07, 6.45) is 0. The van der Waals surface area contributed by atoms with Gasteiger partial charge in [0.15, 0.2) is 0 Å². The third-order valence-corrected chi connectivity index (χ3v) is 8.33. The van der Waals surface area contributed by atoms with Crippen LogP contribution in [0.4, 0.5) is 0 Å². The van der Waals surface area contributed by atoms with Crippen LogP contribution >= 0.6 is 18.3 Å². The Hall–Kier alpha value is -1.24. The Bertz CT molecular complexity index is 602. The standard InChI is InChI=1S/C18H24ClO2P/c1-14-8-6-10-16(12-14)20-22(19,18(3,4)5)21-17-11-7-9-15(2)13-17/h6-13,22H,1-5H3. The van der Waals surface area contributed by atoms with Crippen LogP contribution in [0.15, 0.2) is 48.5 Å². The van der Waals surface area contributed by atoms with Gasteiger partial charge in [0.25, 0.3) is 0 Å². The zero-order valence-electron chi connectivity index (χ0n) is 13.8. The summed E-state index contributed by atoms with van der Waals surface area (Å²) in [5.74, 6) is 1.51. The van der Waals surface area contributed by atoms with Crippen molar-refractivity contribution in [1.29, 1.82) is 0 Å². The fourth-order valence-electron chi connectivity index (χ4n) is 1.99. The summed E-state index contributed by atoms with van der Waals surface area (Å²) in [4.78, 5) is 0. The number of hydrogen-bond acceptors (Lipinski definition) is 2. The molecule has 0 aliphatic carbocycles. The van der Waals surface area contributed by atoms with Gasteiger partial charge in [-0.25, -0.2) is 0 Å². The zero-order chi connectivity index (χ0) is 16.4. The van der Waals surface area contributed by atoms with E-state index in [4.69, 9.17) is 20.3 Å². The van der Waals surface area contributed by atoms with Gasteiger partial charge >= 0.3 is 138 Å². The Balaban J connectivity index is 2.32. The molecule has 2 nitrogen and oxygen atoms in total. The van der Waals surface area contributed by atoms with Crippen molar-refractivity contribution in [2.45, 2.75) is 39.8 Å². The predicted molar refractivity (Wildman–Crippen MR) is 97.5 cm³/mol. The molecule has 0 heterocycles. The second-order valence-electron chi connectivity index (χ2n) is 6.62. The molecule has 0 spiro atoms. The third kappa shape index (κ3) is 4.15. The van der Waals surface area contributed by atoms with Crippen molar-refractivity contribution in [3.05, 3.63) is 59.7 Å². The van der Waals surface area contributed by atoms with Crippen molar-refractivity contribution in [3.8, 4) is 11.5 Å². The molecule has 0 atom stereocenters. The summed E-state index contributed by atoms with van der Waals surface area (Å²) >= 11 is 6.88. The van der Waals surface area contributed by atoms with Crippen LogP contribution in [-0.2, 0) is 0 Å². The number of aryl methyl sites for hydroxylation is 2. The number of hydrogen-bond donors (Lipinski definition) is 0. The molecule has 0 saturated heterocycles. The molecular weight excluding hydrogens is 315 g/mol. The van der Waals surface area contributed by atoms with Gasteiger partial charge in [-0.05, 0) is 0 Å². The molecule has 0 aliphatic rings. The van der Waals surface area contributed by atoms with Gasteiger partial charge in [-0.3, -0.25) is 0 Å². The Morgan fingerprint density at radius 2 is 1.23 bits per heavy atom. The van der Waals surface area contributed by atoms with E-state index in [1.807, 2.05) is 62.4 Å². The van der Waals surface area contributed by atoms with E-state index in [2.05, 4.69) is 20.8 Å². The molecule has 0 radical (unpaired) electrons. The van der Waals surface area contributed by atoms with Gasteiger partial charge in [0.2, 0.25) is 0 Å². The fraction of sp³-hybridized carbons (Fsp3) is 0.333. The first kappa shape index (κ1) is 17.1. The van der Waals surface area contributed by atoms with Crippen molar-refractivity contribution < 1.29 is 9.05 Å². The number of benzene rings is 2. The van der Waals surface area contributed by atoms with Gasteiger partial charge in [-0.2, -0.15) is 0 Å². The molecule has 2 rings (SSSR count). The van der Waals surface area contributed by atoms with Gasteiger partial charge < -0.3 is 0 Å². The van der Waals surface area contributed by atoms with E-state index >= 15 is 0 Å². The molecule has 0 N–H and O–H groups in total.